The second-order valence-electron chi connectivity index (χ2n) is 6.87. The average Bonchev–Trinajstić information content (AvgIpc) is 2.67. The number of carbonyl (C=O) groups excluding carboxylic acids is 2. The van der Waals surface area contributed by atoms with Gasteiger partial charge in [0, 0.05) is 30.3 Å². The number of halogens is 1. The fraction of sp³-hybridized carbons (Fsp3) is 0.333. The minimum absolute atomic E-state index is 0.125. The van der Waals surface area contributed by atoms with Gasteiger partial charge in [-0.25, -0.2) is 4.39 Å². The molecule has 1 atom stereocenters. The van der Waals surface area contributed by atoms with Crippen LogP contribution in [0.2, 0.25) is 0 Å². The van der Waals surface area contributed by atoms with E-state index in [-0.39, 0.29) is 17.7 Å². The average molecular weight is 354 g/mol. The number of nitrogens with two attached hydrogens (primary N) is 1. The molecular weight excluding hydrogens is 331 g/mol. The van der Waals surface area contributed by atoms with Crippen LogP contribution in [0.15, 0.2) is 48.5 Å². The van der Waals surface area contributed by atoms with E-state index in [0.717, 1.165) is 12.8 Å². The zero-order valence-electron chi connectivity index (χ0n) is 14.8. The van der Waals surface area contributed by atoms with Gasteiger partial charge in [0.05, 0.1) is 5.56 Å². The fourth-order valence-electron chi connectivity index (χ4n) is 3.42. The van der Waals surface area contributed by atoms with Crippen molar-refractivity contribution >= 4 is 11.7 Å². The molecule has 0 spiro atoms. The minimum Gasteiger partial charge on any atom is -0.339 e. The molecule has 2 aromatic rings. The van der Waals surface area contributed by atoms with E-state index in [2.05, 4.69) is 0 Å². The highest BCUT2D eigenvalue weighted by Crippen LogP contribution is 2.23. The molecule has 0 bridgehead atoms. The maximum Gasteiger partial charge on any atom is 0.254 e. The fourth-order valence-corrected chi connectivity index (χ4v) is 3.42. The molecule has 3 rings (SSSR count). The summed E-state index contributed by atoms with van der Waals surface area (Å²) in [5.74, 6) is -0.392. The van der Waals surface area contributed by atoms with Crippen LogP contribution in [0.25, 0.3) is 0 Å². The first-order valence-corrected chi connectivity index (χ1v) is 8.91. The molecule has 1 fully saturated rings. The molecule has 136 valence electrons. The van der Waals surface area contributed by atoms with Crippen LogP contribution in [0, 0.1) is 11.7 Å². The van der Waals surface area contributed by atoms with Gasteiger partial charge in [0.1, 0.15) is 5.82 Å². The van der Waals surface area contributed by atoms with Crippen molar-refractivity contribution in [3.63, 3.8) is 0 Å². The summed E-state index contributed by atoms with van der Waals surface area (Å²) < 4.78 is 13.1. The van der Waals surface area contributed by atoms with Crippen LogP contribution in [0.3, 0.4) is 0 Å². The van der Waals surface area contributed by atoms with Crippen molar-refractivity contribution < 1.29 is 14.0 Å². The molecule has 26 heavy (non-hydrogen) atoms. The molecule has 1 aliphatic rings. The monoisotopic (exact) mass is 354 g/mol. The highest BCUT2D eigenvalue weighted by Gasteiger charge is 2.27. The number of ketones is 1. The summed E-state index contributed by atoms with van der Waals surface area (Å²) in [7, 11) is 0. The van der Waals surface area contributed by atoms with E-state index in [4.69, 9.17) is 5.73 Å². The quantitative estimate of drug-likeness (QED) is 0.857. The minimum atomic E-state index is -0.400. The van der Waals surface area contributed by atoms with Gasteiger partial charge >= 0.3 is 0 Å². The molecule has 0 radical (unpaired) electrons. The third-order valence-electron chi connectivity index (χ3n) is 5.08. The lowest BCUT2D eigenvalue weighted by atomic mass is 9.90. The number of nitrogens with zero attached hydrogens (tertiary/aromatic N) is 1. The van der Waals surface area contributed by atoms with Crippen molar-refractivity contribution in [1.29, 1.82) is 0 Å². The molecule has 1 unspecified atom stereocenters. The van der Waals surface area contributed by atoms with Gasteiger partial charge in [-0.15, -0.1) is 0 Å². The summed E-state index contributed by atoms with van der Waals surface area (Å²) in [5.41, 5.74) is 7.06. The number of piperidine rings is 1. The van der Waals surface area contributed by atoms with E-state index in [9.17, 15) is 14.0 Å². The Hall–Kier alpha value is -2.53. The Morgan fingerprint density at radius 2 is 1.62 bits per heavy atom. The first kappa shape index (κ1) is 18.3. The van der Waals surface area contributed by atoms with Crippen LogP contribution in [0.5, 0.6) is 0 Å². The highest BCUT2D eigenvalue weighted by molar-refractivity contribution is 6.15. The smallest absolute Gasteiger partial charge is 0.254 e. The molecule has 2 aromatic carbocycles. The van der Waals surface area contributed by atoms with Crippen LogP contribution in [-0.2, 0) is 0 Å². The molecule has 0 aromatic heterocycles. The first-order valence-electron chi connectivity index (χ1n) is 8.91. The summed E-state index contributed by atoms with van der Waals surface area (Å²) in [4.78, 5) is 27.6. The molecule has 4 nitrogen and oxygen atoms in total. The van der Waals surface area contributed by atoms with Gasteiger partial charge in [0.2, 0.25) is 0 Å². The maximum atomic E-state index is 13.1. The predicted octanol–water partition coefficient (Wildman–Crippen LogP) is 3.26. The Labute approximate surface area is 152 Å². The number of hydrogen-bond donors (Lipinski definition) is 1. The second-order valence-corrected chi connectivity index (χ2v) is 6.87. The second kappa shape index (κ2) is 7.79. The normalized spacial score (nSPS) is 16.3. The van der Waals surface area contributed by atoms with Crippen molar-refractivity contribution in [2.75, 3.05) is 13.1 Å². The Morgan fingerprint density at radius 3 is 2.19 bits per heavy atom. The van der Waals surface area contributed by atoms with Crippen LogP contribution in [-0.4, -0.2) is 35.7 Å². The standard InChI is InChI=1S/C21H23FN2O2/c1-14(23)15-10-12-24(13-11-15)21(26)19-5-3-2-4-18(19)20(25)16-6-8-17(22)9-7-16/h2-9,14-15H,10-13,23H2,1H3. The van der Waals surface area contributed by atoms with Gasteiger partial charge in [0.15, 0.2) is 5.78 Å². The van der Waals surface area contributed by atoms with E-state index in [0.29, 0.717) is 35.7 Å². The van der Waals surface area contributed by atoms with Crippen molar-refractivity contribution in [3.8, 4) is 0 Å². The Balaban J connectivity index is 1.82. The van der Waals surface area contributed by atoms with Gasteiger partial charge in [-0.2, -0.15) is 0 Å². The van der Waals surface area contributed by atoms with E-state index in [1.165, 1.54) is 24.3 Å². The lowest BCUT2D eigenvalue weighted by molar-refractivity contribution is 0.0677. The highest BCUT2D eigenvalue weighted by atomic mass is 19.1. The van der Waals surface area contributed by atoms with E-state index < -0.39 is 5.82 Å². The molecule has 0 aliphatic carbocycles. The number of rotatable bonds is 4. The van der Waals surface area contributed by atoms with Crippen LogP contribution in [0.4, 0.5) is 4.39 Å². The van der Waals surface area contributed by atoms with E-state index in [1.54, 1.807) is 29.2 Å². The summed E-state index contributed by atoms with van der Waals surface area (Å²) in [6, 6.07) is 12.3. The number of benzene rings is 2. The molecule has 1 saturated heterocycles. The van der Waals surface area contributed by atoms with Gasteiger partial charge in [0.25, 0.3) is 5.91 Å². The van der Waals surface area contributed by atoms with Crippen molar-refractivity contribution in [2.45, 2.75) is 25.8 Å². The van der Waals surface area contributed by atoms with Gasteiger partial charge in [-0.1, -0.05) is 18.2 Å². The topological polar surface area (TPSA) is 63.4 Å². The number of carbonyl (C=O) groups is 2. The lowest BCUT2D eigenvalue weighted by Crippen LogP contribution is -2.42. The number of amides is 1. The largest absolute Gasteiger partial charge is 0.339 e. The lowest BCUT2D eigenvalue weighted by Gasteiger charge is -2.34. The van der Waals surface area contributed by atoms with Crippen molar-refractivity contribution in [1.82, 2.24) is 4.90 Å². The first-order chi connectivity index (χ1) is 12.5. The predicted molar refractivity (Wildman–Crippen MR) is 98.6 cm³/mol. The van der Waals surface area contributed by atoms with E-state index in [1.807, 2.05) is 6.92 Å². The Morgan fingerprint density at radius 1 is 1.04 bits per heavy atom. The van der Waals surface area contributed by atoms with Crippen molar-refractivity contribution in [2.24, 2.45) is 11.7 Å². The Kier molecular flexibility index (Phi) is 5.47. The third-order valence-corrected chi connectivity index (χ3v) is 5.08. The molecule has 5 heteroatoms. The number of likely N-dealkylation sites (tertiary alicyclic amines) is 1. The van der Waals surface area contributed by atoms with Gasteiger partial charge in [-0.05, 0) is 56.0 Å². The summed E-state index contributed by atoms with van der Waals surface area (Å²) >= 11 is 0. The summed E-state index contributed by atoms with van der Waals surface area (Å²) in [6.07, 6.45) is 1.75. The van der Waals surface area contributed by atoms with Crippen LogP contribution in [0.1, 0.15) is 46.0 Å². The number of hydrogen-bond acceptors (Lipinski definition) is 3. The summed E-state index contributed by atoms with van der Waals surface area (Å²) in [6.45, 7) is 3.28. The molecule has 0 saturated carbocycles. The zero-order valence-corrected chi connectivity index (χ0v) is 14.8. The SMILES string of the molecule is CC(N)C1CCN(C(=O)c2ccccc2C(=O)c2ccc(F)cc2)CC1. The zero-order chi connectivity index (χ0) is 18.7. The molecule has 1 amide bonds. The molecule has 1 aliphatic heterocycles. The third kappa shape index (κ3) is 3.83. The van der Waals surface area contributed by atoms with Crippen LogP contribution >= 0.6 is 0 Å². The molecule has 2 N–H and O–H groups in total. The summed E-state index contributed by atoms with van der Waals surface area (Å²) in [5, 5.41) is 0. The Bertz CT molecular complexity index is 794. The van der Waals surface area contributed by atoms with Crippen LogP contribution < -0.4 is 5.73 Å². The molecule has 1 heterocycles. The van der Waals surface area contributed by atoms with Gasteiger partial charge in [-0.3, -0.25) is 9.59 Å². The maximum absolute atomic E-state index is 13.1. The molecular formula is C21H23FN2O2. The van der Waals surface area contributed by atoms with Crippen molar-refractivity contribution in [3.05, 3.63) is 71.0 Å². The van der Waals surface area contributed by atoms with E-state index >= 15 is 0 Å². The van der Waals surface area contributed by atoms with Gasteiger partial charge < -0.3 is 10.6 Å².